The molecule has 0 amide bonds. The van der Waals surface area contributed by atoms with Crippen LogP contribution in [-0.4, -0.2) is 4.98 Å². The topological polar surface area (TPSA) is 38.9 Å². The zero-order chi connectivity index (χ0) is 11.7. The molecule has 2 N–H and O–H groups in total. The van der Waals surface area contributed by atoms with E-state index in [1.807, 2.05) is 6.07 Å². The zero-order valence-electron chi connectivity index (χ0n) is 8.93. The highest BCUT2D eigenvalue weighted by molar-refractivity contribution is 9.10. The van der Waals surface area contributed by atoms with Crippen LogP contribution in [0.15, 0.2) is 22.7 Å². The Morgan fingerprint density at radius 2 is 2.12 bits per heavy atom. The number of rotatable bonds is 2. The summed E-state index contributed by atoms with van der Waals surface area (Å²) in [7, 11) is 0. The summed E-state index contributed by atoms with van der Waals surface area (Å²) in [6, 6.07) is 4.79. The third-order valence-corrected chi connectivity index (χ3v) is 3.07. The monoisotopic (exact) mass is 282 g/mol. The van der Waals surface area contributed by atoms with E-state index >= 15 is 0 Å². The van der Waals surface area contributed by atoms with Gasteiger partial charge in [0.1, 0.15) is 11.6 Å². The van der Waals surface area contributed by atoms with Crippen molar-refractivity contribution in [3.63, 3.8) is 0 Å². The van der Waals surface area contributed by atoms with Crippen LogP contribution in [0.1, 0.15) is 18.9 Å². The SMILES string of the molecule is CCCc1cc2cc(F)cc(Br)c2nc1N. The van der Waals surface area contributed by atoms with Crippen LogP contribution in [0.3, 0.4) is 0 Å². The van der Waals surface area contributed by atoms with E-state index in [4.69, 9.17) is 5.73 Å². The molecule has 1 aromatic carbocycles. The fraction of sp³-hybridized carbons (Fsp3) is 0.250. The summed E-state index contributed by atoms with van der Waals surface area (Å²) in [5.74, 6) is 0.259. The number of anilines is 1. The van der Waals surface area contributed by atoms with Crippen molar-refractivity contribution in [2.45, 2.75) is 19.8 Å². The second-order valence-electron chi connectivity index (χ2n) is 3.74. The summed E-state index contributed by atoms with van der Waals surface area (Å²) in [5, 5.41) is 0.782. The Labute approximate surface area is 102 Å². The molecule has 0 atom stereocenters. The summed E-state index contributed by atoms with van der Waals surface area (Å²) >= 11 is 3.29. The normalized spacial score (nSPS) is 10.9. The quantitative estimate of drug-likeness (QED) is 0.913. The Bertz CT molecular complexity index is 540. The van der Waals surface area contributed by atoms with E-state index in [0.29, 0.717) is 15.8 Å². The van der Waals surface area contributed by atoms with Gasteiger partial charge in [-0.2, -0.15) is 0 Å². The number of benzene rings is 1. The number of nitrogen functional groups attached to an aromatic ring is 1. The maximum absolute atomic E-state index is 13.2. The van der Waals surface area contributed by atoms with Gasteiger partial charge in [-0.15, -0.1) is 0 Å². The van der Waals surface area contributed by atoms with Gasteiger partial charge in [0, 0.05) is 9.86 Å². The summed E-state index contributed by atoms with van der Waals surface area (Å²) in [6.07, 6.45) is 1.86. The summed E-state index contributed by atoms with van der Waals surface area (Å²) in [5.41, 5.74) is 7.54. The van der Waals surface area contributed by atoms with Gasteiger partial charge in [0.15, 0.2) is 0 Å². The van der Waals surface area contributed by atoms with E-state index < -0.39 is 0 Å². The summed E-state index contributed by atoms with van der Waals surface area (Å²) < 4.78 is 13.9. The molecule has 2 rings (SSSR count). The van der Waals surface area contributed by atoms with Crippen molar-refractivity contribution >= 4 is 32.7 Å². The molecular formula is C12H12BrFN2. The molecule has 0 spiro atoms. The highest BCUT2D eigenvalue weighted by Gasteiger charge is 2.07. The molecule has 0 aliphatic heterocycles. The minimum atomic E-state index is -0.270. The van der Waals surface area contributed by atoms with Crippen LogP contribution < -0.4 is 5.73 Å². The first kappa shape index (κ1) is 11.3. The van der Waals surface area contributed by atoms with Crippen LogP contribution >= 0.6 is 15.9 Å². The lowest BCUT2D eigenvalue weighted by Gasteiger charge is -2.07. The Hall–Kier alpha value is -1.16. The number of pyridine rings is 1. The number of nitrogens with zero attached hydrogens (tertiary/aromatic N) is 1. The van der Waals surface area contributed by atoms with Crippen molar-refractivity contribution in [3.8, 4) is 0 Å². The van der Waals surface area contributed by atoms with Gasteiger partial charge in [-0.05, 0) is 46.1 Å². The molecule has 1 heterocycles. The predicted molar refractivity (Wildman–Crippen MR) is 67.8 cm³/mol. The van der Waals surface area contributed by atoms with Gasteiger partial charge in [0.25, 0.3) is 0 Å². The second kappa shape index (κ2) is 4.37. The molecule has 2 nitrogen and oxygen atoms in total. The number of hydrogen-bond donors (Lipinski definition) is 1. The Balaban J connectivity index is 2.69. The highest BCUT2D eigenvalue weighted by atomic mass is 79.9. The van der Waals surface area contributed by atoms with Crippen LogP contribution in [0.25, 0.3) is 10.9 Å². The summed E-state index contributed by atoms with van der Waals surface area (Å²) in [6.45, 7) is 2.07. The number of fused-ring (bicyclic) bond motifs is 1. The maximum atomic E-state index is 13.2. The fourth-order valence-corrected chi connectivity index (χ4v) is 2.27. The standard InChI is InChI=1S/C12H12BrFN2/c1-2-3-7-4-8-5-9(14)6-10(13)11(8)16-12(7)15/h4-6H,2-3H2,1H3,(H2,15,16). The van der Waals surface area contributed by atoms with Crippen LogP contribution in [0.5, 0.6) is 0 Å². The minimum Gasteiger partial charge on any atom is -0.383 e. The molecule has 1 aromatic heterocycles. The first-order valence-electron chi connectivity index (χ1n) is 5.16. The molecule has 84 valence electrons. The number of hydrogen-bond acceptors (Lipinski definition) is 2. The van der Waals surface area contributed by atoms with Crippen molar-refractivity contribution in [2.24, 2.45) is 0 Å². The smallest absolute Gasteiger partial charge is 0.127 e. The molecule has 0 aliphatic rings. The Kier molecular flexibility index (Phi) is 3.10. The average Bonchev–Trinajstić information content (AvgIpc) is 2.21. The van der Waals surface area contributed by atoms with E-state index in [2.05, 4.69) is 27.8 Å². The minimum absolute atomic E-state index is 0.270. The molecule has 16 heavy (non-hydrogen) atoms. The number of aromatic nitrogens is 1. The van der Waals surface area contributed by atoms with Crippen molar-refractivity contribution in [3.05, 3.63) is 34.1 Å². The van der Waals surface area contributed by atoms with Crippen molar-refractivity contribution in [1.82, 2.24) is 4.98 Å². The van der Waals surface area contributed by atoms with Crippen LogP contribution in [-0.2, 0) is 6.42 Å². The molecule has 2 aromatic rings. The van der Waals surface area contributed by atoms with E-state index in [0.717, 1.165) is 23.8 Å². The van der Waals surface area contributed by atoms with Gasteiger partial charge in [-0.25, -0.2) is 9.37 Å². The van der Waals surface area contributed by atoms with E-state index in [1.165, 1.54) is 12.1 Å². The van der Waals surface area contributed by atoms with Gasteiger partial charge in [0.2, 0.25) is 0 Å². The second-order valence-corrected chi connectivity index (χ2v) is 4.60. The van der Waals surface area contributed by atoms with Gasteiger partial charge in [-0.3, -0.25) is 0 Å². The van der Waals surface area contributed by atoms with E-state index in [1.54, 1.807) is 0 Å². The lowest BCUT2D eigenvalue weighted by atomic mass is 10.1. The molecule has 0 aliphatic carbocycles. The largest absolute Gasteiger partial charge is 0.383 e. The van der Waals surface area contributed by atoms with Gasteiger partial charge in [-0.1, -0.05) is 13.3 Å². The first-order chi connectivity index (χ1) is 7.61. The number of aryl methyl sites for hydroxylation is 1. The lowest BCUT2D eigenvalue weighted by molar-refractivity contribution is 0.629. The highest BCUT2D eigenvalue weighted by Crippen LogP contribution is 2.27. The molecule has 0 saturated heterocycles. The summed E-state index contributed by atoms with van der Waals surface area (Å²) in [4.78, 5) is 4.30. The molecule has 0 radical (unpaired) electrons. The van der Waals surface area contributed by atoms with E-state index in [-0.39, 0.29) is 5.82 Å². The molecule has 0 unspecified atom stereocenters. The molecule has 0 bridgehead atoms. The average molecular weight is 283 g/mol. The Morgan fingerprint density at radius 3 is 2.81 bits per heavy atom. The zero-order valence-corrected chi connectivity index (χ0v) is 10.5. The predicted octanol–water partition coefficient (Wildman–Crippen LogP) is 3.67. The van der Waals surface area contributed by atoms with Crippen LogP contribution in [0.4, 0.5) is 10.2 Å². The van der Waals surface area contributed by atoms with E-state index in [9.17, 15) is 4.39 Å². The maximum Gasteiger partial charge on any atom is 0.127 e. The van der Waals surface area contributed by atoms with Gasteiger partial charge >= 0.3 is 0 Å². The number of halogens is 2. The lowest BCUT2D eigenvalue weighted by Crippen LogP contribution is -1.98. The third kappa shape index (κ3) is 2.02. The molecular weight excluding hydrogens is 271 g/mol. The fourth-order valence-electron chi connectivity index (χ4n) is 1.74. The van der Waals surface area contributed by atoms with Crippen LogP contribution in [0.2, 0.25) is 0 Å². The third-order valence-electron chi connectivity index (χ3n) is 2.47. The van der Waals surface area contributed by atoms with Crippen molar-refractivity contribution < 1.29 is 4.39 Å². The first-order valence-corrected chi connectivity index (χ1v) is 5.95. The number of nitrogens with two attached hydrogens (primary N) is 1. The van der Waals surface area contributed by atoms with Crippen LogP contribution in [0, 0.1) is 5.82 Å². The van der Waals surface area contributed by atoms with Gasteiger partial charge < -0.3 is 5.73 Å². The molecule has 4 heteroatoms. The molecule has 0 saturated carbocycles. The van der Waals surface area contributed by atoms with Crippen molar-refractivity contribution in [1.29, 1.82) is 0 Å². The van der Waals surface area contributed by atoms with Crippen molar-refractivity contribution in [2.75, 3.05) is 5.73 Å². The molecule has 0 fully saturated rings. The van der Waals surface area contributed by atoms with Gasteiger partial charge in [0.05, 0.1) is 5.52 Å². The Morgan fingerprint density at radius 1 is 1.38 bits per heavy atom.